The van der Waals surface area contributed by atoms with Gasteiger partial charge in [0.1, 0.15) is 0 Å². The number of carbonyl (C=O) groups is 1. The van der Waals surface area contributed by atoms with Crippen molar-refractivity contribution in [1.82, 2.24) is 14.8 Å². The molecule has 33 heavy (non-hydrogen) atoms. The third-order valence-electron chi connectivity index (χ3n) is 5.40. The minimum absolute atomic E-state index is 0.0234. The molecule has 0 saturated heterocycles. The predicted octanol–water partition coefficient (Wildman–Crippen LogP) is 6.46. The summed E-state index contributed by atoms with van der Waals surface area (Å²) in [6.07, 6.45) is 0.323. The molecule has 0 atom stereocenters. The number of amides is 1. The van der Waals surface area contributed by atoms with E-state index in [1.165, 1.54) is 16.2 Å². The zero-order valence-electron chi connectivity index (χ0n) is 19.3. The summed E-state index contributed by atoms with van der Waals surface area (Å²) < 4.78 is 2.93. The van der Waals surface area contributed by atoms with Crippen molar-refractivity contribution in [2.75, 3.05) is 17.2 Å². The number of carbonyl (C=O) groups excluding carboxylic acids is 1. The van der Waals surface area contributed by atoms with Gasteiger partial charge < -0.3 is 0 Å². The standard InChI is InChI=1S/C25H27ClN4OS2/c1-5-32-21-8-6-19(7-9-21)14-23(31)29(10-11-30-18(4)13-17(3)28-30)25-27-24-16(2)12-20(26)15-22(24)33-25/h6-9,12-13,15H,5,10-11,14H2,1-4H3. The van der Waals surface area contributed by atoms with Crippen LogP contribution < -0.4 is 4.90 Å². The Kier molecular flexibility index (Phi) is 7.41. The molecule has 1 amide bonds. The Labute approximate surface area is 207 Å². The summed E-state index contributed by atoms with van der Waals surface area (Å²) in [5, 5.41) is 5.93. The summed E-state index contributed by atoms with van der Waals surface area (Å²) >= 11 is 9.56. The summed E-state index contributed by atoms with van der Waals surface area (Å²) in [5.41, 5.74) is 4.95. The van der Waals surface area contributed by atoms with Crippen LogP contribution in [0.5, 0.6) is 0 Å². The van der Waals surface area contributed by atoms with Gasteiger partial charge in [-0.15, -0.1) is 11.8 Å². The molecular formula is C25H27ClN4OS2. The van der Waals surface area contributed by atoms with Crippen LogP contribution in [0.1, 0.15) is 29.4 Å². The Bertz CT molecular complexity index is 1280. The first-order valence-corrected chi connectivity index (χ1v) is 13.1. The van der Waals surface area contributed by atoms with Gasteiger partial charge in [0, 0.05) is 22.2 Å². The van der Waals surface area contributed by atoms with Crippen LogP contribution >= 0.6 is 34.7 Å². The minimum Gasteiger partial charge on any atom is -0.286 e. The lowest BCUT2D eigenvalue weighted by molar-refractivity contribution is -0.118. The predicted molar refractivity (Wildman–Crippen MR) is 140 cm³/mol. The van der Waals surface area contributed by atoms with Crippen LogP contribution in [0, 0.1) is 20.8 Å². The Balaban J connectivity index is 1.62. The maximum atomic E-state index is 13.5. The van der Waals surface area contributed by atoms with Crippen molar-refractivity contribution in [2.45, 2.75) is 45.6 Å². The van der Waals surface area contributed by atoms with E-state index in [2.05, 4.69) is 24.2 Å². The highest BCUT2D eigenvalue weighted by molar-refractivity contribution is 7.99. The van der Waals surface area contributed by atoms with E-state index in [0.29, 0.717) is 29.7 Å². The van der Waals surface area contributed by atoms with E-state index < -0.39 is 0 Å². The highest BCUT2D eigenvalue weighted by Crippen LogP contribution is 2.33. The number of thioether (sulfide) groups is 1. The number of anilines is 1. The molecule has 0 spiro atoms. The van der Waals surface area contributed by atoms with Crippen LogP contribution in [0.2, 0.25) is 5.02 Å². The number of aryl methyl sites for hydroxylation is 3. The molecule has 8 heteroatoms. The summed E-state index contributed by atoms with van der Waals surface area (Å²) in [4.78, 5) is 21.3. The lowest BCUT2D eigenvalue weighted by Crippen LogP contribution is -2.35. The molecule has 0 fully saturated rings. The van der Waals surface area contributed by atoms with Gasteiger partial charge in [0.05, 0.1) is 28.9 Å². The van der Waals surface area contributed by atoms with Crippen molar-refractivity contribution in [3.05, 3.63) is 70.0 Å². The van der Waals surface area contributed by atoms with Crippen LogP contribution in [0.25, 0.3) is 10.2 Å². The van der Waals surface area contributed by atoms with E-state index in [-0.39, 0.29) is 5.91 Å². The van der Waals surface area contributed by atoms with Gasteiger partial charge in [0.25, 0.3) is 0 Å². The Hall–Kier alpha value is -2.35. The van der Waals surface area contributed by atoms with E-state index in [0.717, 1.165) is 38.5 Å². The van der Waals surface area contributed by atoms with Crippen molar-refractivity contribution < 1.29 is 4.79 Å². The first-order valence-electron chi connectivity index (χ1n) is 10.9. The molecular weight excluding hydrogens is 472 g/mol. The SMILES string of the molecule is CCSc1ccc(CC(=O)N(CCn2nc(C)cc2C)c2nc3c(C)cc(Cl)cc3s2)cc1. The number of aromatic nitrogens is 3. The maximum Gasteiger partial charge on any atom is 0.233 e. The van der Waals surface area contributed by atoms with Crippen molar-refractivity contribution in [2.24, 2.45) is 0 Å². The fourth-order valence-electron chi connectivity index (χ4n) is 3.82. The quantitative estimate of drug-likeness (QED) is 0.261. The van der Waals surface area contributed by atoms with E-state index in [9.17, 15) is 4.79 Å². The third kappa shape index (κ3) is 5.60. The molecule has 0 aliphatic carbocycles. The molecule has 172 valence electrons. The molecule has 0 N–H and O–H groups in total. The molecule has 0 unspecified atom stereocenters. The molecule has 2 aromatic carbocycles. The van der Waals surface area contributed by atoms with Gasteiger partial charge in [0.2, 0.25) is 5.91 Å². The van der Waals surface area contributed by atoms with Gasteiger partial charge in [-0.1, -0.05) is 42.0 Å². The van der Waals surface area contributed by atoms with Crippen LogP contribution in [0.3, 0.4) is 0 Å². The average molecular weight is 499 g/mol. The molecule has 0 saturated carbocycles. The zero-order chi connectivity index (χ0) is 23.5. The smallest absolute Gasteiger partial charge is 0.233 e. The lowest BCUT2D eigenvalue weighted by atomic mass is 10.1. The number of thiazole rings is 1. The largest absolute Gasteiger partial charge is 0.286 e. The monoisotopic (exact) mass is 498 g/mol. The van der Waals surface area contributed by atoms with Gasteiger partial charge in [0.15, 0.2) is 5.13 Å². The summed E-state index contributed by atoms with van der Waals surface area (Å²) in [7, 11) is 0. The summed E-state index contributed by atoms with van der Waals surface area (Å²) in [6.45, 7) is 9.24. The second-order valence-corrected chi connectivity index (χ2v) is 10.8. The number of nitrogens with zero attached hydrogens (tertiary/aromatic N) is 4. The first kappa shape index (κ1) is 23.8. The number of halogens is 1. The van der Waals surface area contributed by atoms with Gasteiger partial charge in [-0.05, 0) is 68.0 Å². The maximum absolute atomic E-state index is 13.5. The minimum atomic E-state index is 0.0234. The van der Waals surface area contributed by atoms with Crippen molar-refractivity contribution in [1.29, 1.82) is 0 Å². The lowest BCUT2D eigenvalue weighted by Gasteiger charge is -2.20. The molecule has 2 aromatic heterocycles. The normalized spacial score (nSPS) is 11.3. The van der Waals surface area contributed by atoms with Gasteiger partial charge in [-0.2, -0.15) is 5.10 Å². The van der Waals surface area contributed by atoms with Crippen molar-refractivity contribution in [3.63, 3.8) is 0 Å². The molecule has 2 heterocycles. The van der Waals surface area contributed by atoms with E-state index in [4.69, 9.17) is 16.6 Å². The molecule has 4 aromatic rings. The number of hydrogen-bond acceptors (Lipinski definition) is 5. The Morgan fingerprint density at radius 2 is 1.91 bits per heavy atom. The fourth-order valence-corrected chi connectivity index (χ4v) is 5.95. The second-order valence-electron chi connectivity index (χ2n) is 8.02. The zero-order valence-corrected chi connectivity index (χ0v) is 21.7. The van der Waals surface area contributed by atoms with Gasteiger partial charge >= 0.3 is 0 Å². The van der Waals surface area contributed by atoms with Crippen molar-refractivity contribution in [3.8, 4) is 0 Å². The van der Waals surface area contributed by atoms with Crippen molar-refractivity contribution >= 4 is 56.0 Å². The second kappa shape index (κ2) is 10.3. The molecule has 0 radical (unpaired) electrons. The fraction of sp³-hybridized carbons (Fsp3) is 0.320. The summed E-state index contributed by atoms with van der Waals surface area (Å²) in [5.74, 6) is 1.05. The molecule has 0 bridgehead atoms. The molecule has 0 aliphatic rings. The Morgan fingerprint density at radius 1 is 1.15 bits per heavy atom. The molecule has 0 aliphatic heterocycles. The number of rotatable bonds is 8. The number of hydrogen-bond donors (Lipinski definition) is 0. The van der Waals surface area contributed by atoms with Crippen LogP contribution in [0.15, 0.2) is 47.4 Å². The average Bonchev–Trinajstić information content (AvgIpc) is 3.32. The van der Waals surface area contributed by atoms with E-state index in [1.54, 1.807) is 16.7 Å². The Morgan fingerprint density at radius 3 is 2.58 bits per heavy atom. The molecule has 4 rings (SSSR count). The van der Waals surface area contributed by atoms with E-state index in [1.807, 2.05) is 55.8 Å². The topological polar surface area (TPSA) is 51.0 Å². The summed E-state index contributed by atoms with van der Waals surface area (Å²) in [6, 6.07) is 14.1. The third-order valence-corrected chi connectivity index (χ3v) is 7.54. The van der Waals surface area contributed by atoms with Crippen LogP contribution in [0.4, 0.5) is 5.13 Å². The first-order chi connectivity index (χ1) is 15.8. The molecule has 5 nitrogen and oxygen atoms in total. The highest BCUT2D eigenvalue weighted by atomic mass is 35.5. The number of benzene rings is 2. The van der Waals surface area contributed by atoms with Gasteiger partial charge in [-0.25, -0.2) is 4.98 Å². The van der Waals surface area contributed by atoms with Crippen LogP contribution in [-0.4, -0.2) is 33.0 Å². The van der Waals surface area contributed by atoms with Crippen LogP contribution in [-0.2, 0) is 17.8 Å². The number of fused-ring (bicyclic) bond motifs is 1. The highest BCUT2D eigenvalue weighted by Gasteiger charge is 2.21. The van der Waals surface area contributed by atoms with E-state index >= 15 is 0 Å². The van der Waals surface area contributed by atoms with Gasteiger partial charge in [-0.3, -0.25) is 14.4 Å².